The van der Waals surface area contributed by atoms with Gasteiger partial charge in [-0.05, 0) is 43.3 Å². The van der Waals surface area contributed by atoms with Crippen LogP contribution in [-0.2, 0) is 16.1 Å². The molecule has 1 atom stereocenters. The van der Waals surface area contributed by atoms with Crippen molar-refractivity contribution in [3.05, 3.63) is 54.4 Å². The molecular formula is C25H27N7O5. The lowest BCUT2D eigenvalue weighted by atomic mass is 10.1. The van der Waals surface area contributed by atoms with Crippen LogP contribution in [0.1, 0.15) is 12.1 Å². The zero-order chi connectivity index (χ0) is 25.6. The van der Waals surface area contributed by atoms with Gasteiger partial charge in [-0.3, -0.25) is 14.7 Å². The first-order valence-corrected chi connectivity index (χ1v) is 12.0. The highest BCUT2D eigenvalue weighted by Crippen LogP contribution is 2.30. The van der Waals surface area contributed by atoms with Gasteiger partial charge in [-0.15, -0.1) is 0 Å². The van der Waals surface area contributed by atoms with E-state index in [2.05, 4.69) is 25.6 Å². The lowest BCUT2D eigenvalue weighted by Crippen LogP contribution is -2.29. The topological polar surface area (TPSA) is 154 Å². The third-order valence-electron chi connectivity index (χ3n) is 5.76. The van der Waals surface area contributed by atoms with E-state index in [1.165, 1.54) is 4.90 Å². The van der Waals surface area contributed by atoms with E-state index in [9.17, 15) is 9.59 Å². The molecule has 1 saturated heterocycles. The fourth-order valence-corrected chi connectivity index (χ4v) is 4.00. The zero-order valence-electron chi connectivity index (χ0n) is 20.1. The van der Waals surface area contributed by atoms with Gasteiger partial charge < -0.3 is 30.6 Å². The summed E-state index contributed by atoms with van der Waals surface area (Å²) in [4.78, 5) is 38.7. The highest BCUT2D eigenvalue weighted by atomic mass is 16.6. The van der Waals surface area contributed by atoms with E-state index in [1.54, 1.807) is 24.4 Å². The minimum absolute atomic E-state index is 0.0526. The molecule has 0 spiro atoms. The molecule has 2 aliphatic rings. The van der Waals surface area contributed by atoms with Crippen LogP contribution in [0.4, 0.5) is 16.4 Å². The average Bonchev–Trinajstić information content (AvgIpc) is 3.30. The number of carbonyl (C=O) groups is 2. The summed E-state index contributed by atoms with van der Waals surface area (Å²) >= 11 is 0. The number of fused-ring (bicyclic) bond motifs is 1. The van der Waals surface area contributed by atoms with Gasteiger partial charge in [-0.2, -0.15) is 0 Å². The number of aromatic nitrogens is 3. The molecule has 0 aromatic carbocycles. The summed E-state index contributed by atoms with van der Waals surface area (Å²) in [7, 11) is 0. The molecule has 3 aromatic heterocycles. The standard InChI is InChI=1S/C25H27N7O5/c26-8-11-35-23-3-1-2-19(29-23)16-6-10-28-17(12-16)13-27-9-7-18-14-32(25(34)37-18)21-5-4-20-24(30-21)31-22(33)15-36-20/h1-6,10,12,18,27H,7-9,11,13-15,26H2,(H,30,31,33)/t18-/m0/s1. The van der Waals surface area contributed by atoms with Gasteiger partial charge in [0.15, 0.2) is 18.2 Å². The average molecular weight is 506 g/mol. The summed E-state index contributed by atoms with van der Waals surface area (Å²) in [6.45, 7) is 2.32. The number of pyridine rings is 3. The third-order valence-corrected chi connectivity index (χ3v) is 5.76. The first-order chi connectivity index (χ1) is 18.1. The molecule has 0 aliphatic carbocycles. The lowest BCUT2D eigenvalue weighted by molar-refractivity contribution is -0.118. The molecule has 37 heavy (non-hydrogen) atoms. The third kappa shape index (κ3) is 5.93. The first kappa shape index (κ1) is 24.4. The molecule has 3 aromatic rings. The normalized spacial score (nSPS) is 16.6. The Balaban J connectivity index is 1.12. The van der Waals surface area contributed by atoms with Crippen molar-refractivity contribution in [1.29, 1.82) is 0 Å². The quantitative estimate of drug-likeness (QED) is 0.347. The number of nitrogens with zero attached hydrogens (tertiary/aromatic N) is 4. The molecule has 0 radical (unpaired) electrons. The molecule has 0 saturated carbocycles. The SMILES string of the molecule is NCCOc1cccc(-c2ccnc(CNCC[C@H]3CN(c4ccc5c(n4)NC(=O)CO5)C(=O)O3)c2)n1. The van der Waals surface area contributed by atoms with E-state index < -0.39 is 6.09 Å². The molecule has 5 heterocycles. The molecule has 0 unspecified atom stereocenters. The fraction of sp³-hybridized carbons (Fsp3) is 0.320. The van der Waals surface area contributed by atoms with Crippen molar-refractivity contribution in [2.24, 2.45) is 5.73 Å². The fourth-order valence-electron chi connectivity index (χ4n) is 4.00. The molecule has 2 aliphatic heterocycles. The highest BCUT2D eigenvalue weighted by molar-refractivity contribution is 5.95. The Morgan fingerprint density at radius 1 is 1.19 bits per heavy atom. The molecule has 1 fully saturated rings. The van der Waals surface area contributed by atoms with Crippen LogP contribution >= 0.6 is 0 Å². The van der Waals surface area contributed by atoms with Gasteiger partial charge in [0.25, 0.3) is 5.91 Å². The summed E-state index contributed by atoms with van der Waals surface area (Å²) in [5, 5.41) is 6.00. The molecule has 12 heteroatoms. The molecule has 192 valence electrons. The smallest absolute Gasteiger partial charge is 0.415 e. The number of rotatable bonds is 10. The second kappa shape index (κ2) is 11.2. The van der Waals surface area contributed by atoms with Crippen molar-refractivity contribution < 1.29 is 23.8 Å². The molecule has 4 N–H and O–H groups in total. The number of carbonyl (C=O) groups excluding carboxylic acids is 2. The number of nitrogens with one attached hydrogen (secondary N) is 2. The maximum Gasteiger partial charge on any atom is 0.415 e. The van der Waals surface area contributed by atoms with Crippen molar-refractivity contribution in [3.63, 3.8) is 0 Å². The van der Waals surface area contributed by atoms with E-state index in [0.717, 1.165) is 17.0 Å². The predicted molar refractivity (Wildman–Crippen MR) is 134 cm³/mol. The first-order valence-electron chi connectivity index (χ1n) is 12.0. The lowest BCUT2D eigenvalue weighted by Gasteiger charge is -2.19. The Bertz CT molecular complexity index is 1290. The van der Waals surface area contributed by atoms with Crippen LogP contribution in [0.2, 0.25) is 0 Å². The van der Waals surface area contributed by atoms with Crippen LogP contribution in [0.25, 0.3) is 11.3 Å². The monoisotopic (exact) mass is 505 g/mol. The Kier molecular flexibility index (Phi) is 7.38. The van der Waals surface area contributed by atoms with E-state index in [-0.39, 0.29) is 18.6 Å². The number of cyclic esters (lactones) is 1. The molecule has 2 amide bonds. The van der Waals surface area contributed by atoms with Gasteiger partial charge in [-0.1, -0.05) is 6.07 Å². The number of ether oxygens (including phenoxy) is 3. The van der Waals surface area contributed by atoms with Gasteiger partial charge in [0.2, 0.25) is 5.88 Å². The Morgan fingerprint density at radius 3 is 3.00 bits per heavy atom. The largest absolute Gasteiger partial charge is 0.480 e. The second-order valence-corrected chi connectivity index (χ2v) is 8.47. The zero-order valence-corrected chi connectivity index (χ0v) is 20.1. The summed E-state index contributed by atoms with van der Waals surface area (Å²) in [5.74, 6) is 1.41. The van der Waals surface area contributed by atoms with Gasteiger partial charge >= 0.3 is 6.09 Å². The van der Waals surface area contributed by atoms with Gasteiger partial charge in [-0.25, -0.2) is 14.8 Å². The molecule has 5 rings (SSSR count). The van der Waals surface area contributed by atoms with Crippen LogP contribution in [0.5, 0.6) is 11.6 Å². The van der Waals surface area contributed by atoms with Crippen molar-refractivity contribution in [2.75, 3.05) is 43.1 Å². The maximum atomic E-state index is 12.4. The number of anilines is 2. The molecule has 0 bridgehead atoms. The highest BCUT2D eigenvalue weighted by Gasteiger charge is 2.33. The minimum Gasteiger partial charge on any atom is -0.480 e. The van der Waals surface area contributed by atoms with Crippen LogP contribution in [0.3, 0.4) is 0 Å². The predicted octanol–water partition coefficient (Wildman–Crippen LogP) is 1.71. The van der Waals surface area contributed by atoms with E-state index in [1.807, 2.05) is 24.3 Å². The minimum atomic E-state index is -0.472. The van der Waals surface area contributed by atoms with Crippen LogP contribution in [0.15, 0.2) is 48.7 Å². The van der Waals surface area contributed by atoms with Crippen molar-refractivity contribution in [1.82, 2.24) is 20.3 Å². The van der Waals surface area contributed by atoms with Crippen molar-refractivity contribution in [3.8, 4) is 22.9 Å². The Morgan fingerprint density at radius 2 is 2.11 bits per heavy atom. The molecule has 12 nitrogen and oxygen atoms in total. The summed E-state index contributed by atoms with van der Waals surface area (Å²) in [6, 6.07) is 12.8. The van der Waals surface area contributed by atoms with E-state index in [4.69, 9.17) is 19.9 Å². The Labute approximate surface area is 213 Å². The number of hydrogen-bond acceptors (Lipinski definition) is 10. The van der Waals surface area contributed by atoms with Crippen LogP contribution < -0.4 is 30.7 Å². The van der Waals surface area contributed by atoms with E-state index >= 15 is 0 Å². The summed E-state index contributed by atoms with van der Waals surface area (Å²) < 4.78 is 16.3. The number of nitrogens with two attached hydrogens (primary N) is 1. The summed E-state index contributed by atoms with van der Waals surface area (Å²) in [6.07, 6.45) is 1.61. The van der Waals surface area contributed by atoms with Crippen LogP contribution in [-0.4, -0.2) is 65.9 Å². The second-order valence-electron chi connectivity index (χ2n) is 8.47. The molecular weight excluding hydrogens is 478 g/mol. The summed E-state index contributed by atoms with van der Waals surface area (Å²) in [5.41, 5.74) is 8.08. The number of hydrogen-bond donors (Lipinski definition) is 3. The van der Waals surface area contributed by atoms with Crippen molar-refractivity contribution in [2.45, 2.75) is 19.1 Å². The Hall–Kier alpha value is -4.29. The maximum absolute atomic E-state index is 12.4. The van der Waals surface area contributed by atoms with Gasteiger partial charge in [0.1, 0.15) is 18.5 Å². The van der Waals surface area contributed by atoms with Crippen LogP contribution in [0, 0.1) is 0 Å². The van der Waals surface area contributed by atoms with Crippen molar-refractivity contribution >= 4 is 23.6 Å². The number of amides is 2. The van der Waals surface area contributed by atoms with Gasteiger partial charge in [0.05, 0.1) is 17.9 Å². The van der Waals surface area contributed by atoms with E-state index in [0.29, 0.717) is 62.5 Å². The van der Waals surface area contributed by atoms with Gasteiger partial charge in [0, 0.05) is 30.9 Å².